The van der Waals surface area contributed by atoms with Gasteiger partial charge in [-0.15, -0.1) is 0 Å². The third-order valence-electron chi connectivity index (χ3n) is 3.27. The van der Waals surface area contributed by atoms with Crippen molar-refractivity contribution in [2.24, 2.45) is 5.73 Å². The van der Waals surface area contributed by atoms with E-state index in [1.54, 1.807) is 7.11 Å². The number of hydrogen-bond donors (Lipinski definition) is 1. The second kappa shape index (κ2) is 10.5. The van der Waals surface area contributed by atoms with Crippen molar-refractivity contribution in [3.8, 4) is 0 Å². The Labute approximate surface area is 121 Å². The number of likely N-dealkylation sites (tertiary alicyclic amines) is 1. The van der Waals surface area contributed by atoms with Crippen LogP contribution in [0.3, 0.4) is 0 Å². The van der Waals surface area contributed by atoms with E-state index in [0.717, 1.165) is 19.5 Å². The molecule has 6 heteroatoms. The van der Waals surface area contributed by atoms with Gasteiger partial charge in [-0.2, -0.15) is 0 Å². The summed E-state index contributed by atoms with van der Waals surface area (Å²) >= 11 is 5.12. The van der Waals surface area contributed by atoms with E-state index in [9.17, 15) is 0 Å². The lowest BCUT2D eigenvalue weighted by molar-refractivity contribution is 0.0167. The Balaban J connectivity index is 2.02. The van der Waals surface area contributed by atoms with Crippen molar-refractivity contribution in [1.82, 2.24) is 4.90 Å². The molecule has 1 fully saturated rings. The van der Waals surface area contributed by atoms with Crippen molar-refractivity contribution in [1.29, 1.82) is 0 Å². The van der Waals surface area contributed by atoms with Gasteiger partial charge in [0.25, 0.3) is 0 Å². The second-order valence-corrected chi connectivity index (χ2v) is 5.14. The average molecular weight is 290 g/mol. The summed E-state index contributed by atoms with van der Waals surface area (Å²) in [5.74, 6) is 0. The minimum atomic E-state index is 0.255. The van der Waals surface area contributed by atoms with Gasteiger partial charge in [-0.25, -0.2) is 0 Å². The van der Waals surface area contributed by atoms with E-state index in [-0.39, 0.29) is 6.04 Å². The van der Waals surface area contributed by atoms with E-state index in [0.29, 0.717) is 38.0 Å². The van der Waals surface area contributed by atoms with Gasteiger partial charge in [0, 0.05) is 13.7 Å². The lowest BCUT2D eigenvalue weighted by Crippen LogP contribution is -2.48. The molecular weight excluding hydrogens is 264 g/mol. The Kier molecular flexibility index (Phi) is 9.28. The highest BCUT2D eigenvalue weighted by molar-refractivity contribution is 7.80. The van der Waals surface area contributed by atoms with Gasteiger partial charge in [0.1, 0.15) is 0 Å². The zero-order valence-electron chi connectivity index (χ0n) is 11.8. The fraction of sp³-hybridized carbons (Fsp3) is 0.923. The Morgan fingerprint density at radius 1 is 1.16 bits per heavy atom. The predicted octanol–water partition coefficient (Wildman–Crippen LogP) is 0.807. The number of rotatable bonds is 10. The van der Waals surface area contributed by atoms with Crippen LogP contribution in [0.15, 0.2) is 0 Å². The summed E-state index contributed by atoms with van der Waals surface area (Å²) in [6, 6.07) is 0.255. The summed E-state index contributed by atoms with van der Waals surface area (Å²) in [5, 5.41) is 0. The predicted molar refractivity (Wildman–Crippen MR) is 79.5 cm³/mol. The zero-order chi connectivity index (χ0) is 13.9. The van der Waals surface area contributed by atoms with Crippen LogP contribution in [0.1, 0.15) is 19.3 Å². The number of nitrogens with zero attached hydrogens (tertiary/aromatic N) is 1. The number of thiocarbonyl (C=S) groups is 1. The molecule has 0 spiro atoms. The number of nitrogens with two attached hydrogens (primary N) is 1. The lowest BCUT2D eigenvalue weighted by Gasteiger charge is -2.34. The van der Waals surface area contributed by atoms with Crippen LogP contribution < -0.4 is 5.73 Å². The fourth-order valence-corrected chi connectivity index (χ4v) is 2.49. The van der Waals surface area contributed by atoms with Gasteiger partial charge in [-0.05, 0) is 19.4 Å². The molecule has 112 valence electrons. The van der Waals surface area contributed by atoms with Gasteiger partial charge in [0.05, 0.1) is 44.1 Å². The van der Waals surface area contributed by atoms with Crippen LogP contribution in [-0.2, 0) is 14.2 Å². The lowest BCUT2D eigenvalue weighted by atomic mass is 10.0. The van der Waals surface area contributed by atoms with Gasteiger partial charge in [0.15, 0.2) is 0 Å². The molecule has 1 aliphatic heterocycles. The van der Waals surface area contributed by atoms with Gasteiger partial charge in [-0.3, -0.25) is 4.90 Å². The number of piperidine rings is 1. The molecule has 0 aromatic rings. The first kappa shape index (κ1) is 16.8. The monoisotopic (exact) mass is 290 g/mol. The highest BCUT2D eigenvalue weighted by Gasteiger charge is 2.23. The van der Waals surface area contributed by atoms with E-state index in [4.69, 9.17) is 32.2 Å². The Hall–Kier alpha value is -0.270. The topological polar surface area (TPSA) is 57.0 Å². The van der Waals surface area contributed by atoms with Crippen molar-refractivity contribution >= 4 is 17.2 Å². The molecule has 1 rings (SSSR count). The Morgan fingerprint density at radius 3 is 2.53 bits per heavy atom. The molecule has 0 aromatic heterocycles. The van der Waals surface area contributed by atoms with Crippen LogP contribution in [0.2, 0.25) is 0 Å². The third kappa shape index (κ3) is 7.17. The molecule has 19 heavy (non-hydrogen) atoms. The molecule has 1 saturated heterocycles. The molecule has 0 saturated carbocycles. The molecule has 1 aliphatic rings. The maximum absolute atomic E-state index is 5.77. The van der Waals surface area contributed by atoms with Crippen molar-refractivity contribution in [2.75, 3.05) is 53.2 Å². The van der Waals surface area contributed by atoms with Crippen molar-refractivity contribution < 1.29 is 14.2 Å². The zero-order valence-corrected chi connectivity index (χ0v) is 12.6. The molecule has 1 heterocycles. The van der Waals surface area contributed by atoms with E-state index in [2.05, 4.69) is 4.90 Å². The van der Waals surface area contributed by atoms with E-state index in [1.165, 1.54) is 12.8 Å². The standard InChI is InChI=1S/C13H26N2O3S/c1-16-8-9-18-11-10-17-7-6-15-5-3-2-4-12(15)13(14)19/h12H,2-11H2,1H3,(H2,14,19). The van der Waals surface area contributed by atoms with Crippen LogP contribution in [0.5, 0.6) is 0 Å². The molecule has 1 atom stereocenters. The summed E-state index contributed by atoms with van der Waals surface area (Å²) in [6.07, 6.45) is 3.52. The highest BCUT2D eigenvalue weighted by Crippen LogP contribution is 2.16. The number of methoxy groups -OCH3 is 1. The summed E-state index contributed by atoms with van der Waals surface area (Å²) < 4.78 is 15.8. The maximum atomic E-state index is 5.77. The minimum absolute atomic E-state index is 0.255. The summed E-state index contributed by atoms with van der Waals surface area (Å²) in [5.41, 5.74) is 5.77. The first-order chi connectivity index (χ1) is 9.25. The average Bonchev–Trinajstić information content (AvgIpc) is 2.42. The van der Waals surface area contributed by atoms with Crippen LogP contribution in [0.4, 0.5) is 0 Å². The molecule has 0 amide bonds. The SMILES string of the molecule is COCCOCCOCCN1CCCCC1C(N)=S. The number of ether oxygens (including phenoxy) is 3. The second-order valence-electron chi connectivity index (χ2n) is 4.67. The normalized spacial score (nSPS) is 20.6. The fourth-order valence-electron chi connectivity index (χ4n) is 2.23. The van der Waals surface area contributed by atoms with Crippen LogP contribution in [-0.4, -0.2) is 69.2 Å². The van der Waals surface area contributed by atoms with E-state index >= 15 is 0 Å². The largest absolute Gasteiger partial charge is 0.392 e. The molecule has 0 bridgehead atoms. The Morgan fingerprint density at radius 2 is 1.84 bits per heavy atom. The van der Waals surface area contributed by atoms with Crippen LogP contribution >= 0.6 is 12.2 Å². The van der Waals surface area contributed by atoms with Crippen LogP contribution in [0, 0.1) is 0 Å². The van der Waals surface area contributed by atoms with E-state index in [1.807, 2.05) is 0 Å². The molecule has 0 aliphatic carbocycles. The molecule has 5 nitrogen and oxygen atoms in total. The van der Waals surface area contributed by atoms with Gasteiger partial charge >= 0.3 is 0 Å². The van der Waals surface area contributed by atoms with Crippen molar-refractivity contribution in [2.45, 2.75) is 25.3 Å². The van der Waals surface area contributed by atoms with Gasteiger partial charge in [0.2, 0.25) is 0 Å². The molecule has 2 N–H and O–H groups in total. The Bertz CT molecular complexity index is 254. The molecule has 0 radical (unpaired) electrons. The third-order valence-corrected chi connectivity index (χ3v) is 3.54. The van der Waals surface area contributed by atoms with Gasteiger partial charge in [-0.1, -0.05) is 18.6 Å². The summed E-state index contributed by atoms with van der Waals surface area (Å²) in [4.78, 5) is 2.94. The van der Waals surface area contributed by atoms with Crippen molar-refractivity contribution in [3.63, 3.8) is 0 Å². The number of hydrogen-bond acceptors (Lipinski definition) is 5. The molecule has 1 unspecified atom stereocenters. The first-order valence-corrected chi connectivity index (χ1v) is 7.34. The van der Waals surface area contributed by atoms with E-state index < -0.39 is 0 Å². The van der Waals surface area contributed by atoms with Crippen LogP contribution in [0.25, 0.3) is 0 Å². The first-order valence-electron chi connectivity index (χ1n) is 6.93. The highest BCUT2D eigenvalue weighted by atomic mass is 32.1. The molecular formula is C13H26N2O3S. The van der Waals surface area contributed by atoms with Crippen molar-refractivity contribution in [3.05, 3.63) is 0 Å². The van der Waals surface area contributed by atoms with Gasteiger partial charge < -0.3 is 19.9 Å². The summed E-state index contributed by atoms with van der Waals surface area (Å²) in [7, 11) is 1.66. The smallest absolute Gasteiger partial charge is 0.0902 e. The quantitative estimate of drug-likeness (QED) is 0.474. The maximum Gasteiger partial charge on any atom is 0.0902 e. The molecule has 0 aromatic carbocycles. The summed E-state index contributed by atoms with van der Waals surface area (Å²) in [6.45, 7) is 5.14. The minimum Gasteiger partial charge on any atom is -0.392 e.